The first-order valence-corrected chi connectivity index (χ1v) is 7.17. The summed E-state index contributed by atoms with van der Waals surface area (Å²) in [6, 6.07) is 0. The molecule has 0 amide bonds. The molecular weight excluding hydrogens is 246 g/mol. The molecule has 0 bridgehead atoms. The van der Waals surface area contributed by atoms with Crippen LogP contribution >= 0.6 is 0 Å². The van der Waals surface area contributed by atoms with Crippen molar-refractivity contribution in [2.24, 2.45) is 5.92 Å². The molecule has 2 aliphatic heterocycles. The number of halogens is 1. The lowest BCUT2D eigenvalue weighted by Gasteiger charge is -2.43. The zero-order chi connectivity index (χ0) is 13.8. The molecule has 2 unspecified atom stereocenters. The van der Waals surface area contributed by atoms with Gasteiger partial charge in [0.15, 0.2) is 0 Å². The van der Waals surface area contributed by atoms with Crippen molar-refractivity contribution in [3.05, 3.63) is 11.3 Å². The molecule has 3 rings (SSSR count). The maximum Gasteiger partial charge on any atom is 0.525 e. The maximum atomic E-state index is 14.6. The SMILES string of the molecule is CC1(C)OB(C(F)=C2CC3OCCCC23)OC1(C)C. The average molecular weight is 268 g/mol. The Morgan fingerprint density at radius 1 is 1.21 bits per heavy atom. The standard InChI is InChI=1S/C14H22BFO3/c1-13(2)14(3,4)19-15(18-13)12(16)10-8-11-9(10)6-5-7-17-11/h9,11H,5-8H2,1-4H3. The van der Waals surface area contributed by atoms with Gasteiger partial charge in [-0.1, -0.05) is 0 Å². The molecule has 1 saturated carbocycles. The summed E-state index contributed by atoms with van der Waals surface area (Å²) in [5.41, 5.74) is -0.336. The molecule has 106 valence electrons. The van der Waals surface area contributed by atoms with Crippen molar-refractivity contribution >= 4 is 7.12 Å². The van der Waals surface area contributed by atoms with E-state index in [1.165, 1.54) is 0 Å². The van der Waals surface area contributed by atoms with E-state index < -0.39 is 18.3 Å². The van der Waals surface area contributed by atoms with Crippen LogP contribution < -0.4 is 0 Å². The fraction of sp³-hybridized carbons (Fsp3) is 0.857. The highest BCUT2D eigenvalue weighted by Crippen LogP contribution is 2.47. The quantitative estimate of drug-likeness (QED) is 0.684. The van der Waals surface area contributed by atoms with Gasteiger partial charge < -0.3 is 14.0 Å². The maximum absolute atomic E-state index is 14.6. The van der Waals surface area contributed by atoms with Gasteiger partial charge in [-0.25, -0.2) is 4.39 Å². The number of rotatable bonds is 1. The second kappa shape index (κ2) is 4.30. The van der Waals surface area contributed by atoms with E-state index in [0.29, 0.717) is 6.42 Å². The van der Waals surface area contributed by atoms with Crippen molar-refractivity contribution in [1.82, 2.24) is 0 Å². The molecule has 2 atom stereocenters. The Labute approximate surface area is 114 Å². The smallest absolute Gasteiger partial charge is 0.398 e. The lowest BCUT2D eigenvalue weighted by atomic mass is 9.67. The molecule has 0 radical (unpaired) electrons. The largest absolute Gasteiger partial charge is 0.525 e. The summed E-state index contributed by atoms with van der Waals surface area (Å²) in [6.45, 7) is 8.58. The van der Waals surface area contributed by atoms with Gasteiger partial charge in [0, 0.05) is 12.5 Å². The van der Waals surface area contributed by atoms with Crippen molar-refractivity contribution in [1.29, 1.82) is 0 Å². The predicted molar refractivity (Wildman–Crippen MR) is 71.3 cm³/mol. The van der Waals surface area contributed by atoms with E-state index in [1.807, 2.05) is 27.7 Å². The Morgan fingerprint density at radius 3 is 2.42 bits per heavy atom. The fourth-order valence-electron chi connectivity index (χ4n) is 3.02. The Hall–Kier alpha value is -0.385. The van der Waals surface area contributed by atoms with E-state index in [1.54, 1.807) is 0 Å². The summed E-state index contributed by atoms with van der Waals surface area (Å²) < 4.78 is 31.7. The van der Waals surface area contributed by atoms with Crippen molar-refractivity contribution in [3.8, 4) is 0 Å². The van der Waals surface area contributed by atoms with Gasteiger partial charge in [0.25, 0.3) is 0 Å². The van der Waals surface area contributed by atoms with Gasteiger partial charge in [0.2, 0.25) is 0 Å². The highest BCUT2D eigenvalue weighted by atomic mass is 19.1. The zero-order valence-electron chi connectivity index (χ0n) is 12.2. The first-order valence-electron chi connectivity index (χ1n) is 7.17. The normalized spacial score (nSPS) is 38.7. The van der Waals surface area contributed by atoms with Crippen LogP contribution in [0.4, 0.5) is 4.39 Å². The summed E-state index contributed by atoms with van der Waals surface area (Å²) in [4.78, 5) is 0. The third-order valence-corrected chi connectivity index (χ3v) is 5.08. The number of hydrogen-bond acceptors (Lipinski definition) is 3. The van der Waals surface area contributed by atoms with Gasteiger partial charge in [-0.15, -0.1) is 0 Å². The van der Waals surface area contributed by atoms with Gasteiger partial charge >= 0.3 is 7.12 Å². The van der Waals surface area contributed by atoms with Crippen molar-refractivity contribution < 1.29 is 18.4 Å². The Kier molecular flexibility index (Phi) is 3.08. The molecule has 19 heavy (non-hydrogen) atoms. The van der Waals surface area contributed by atoms with Gasteiger partial charge in [-0.05, 0) is 52.5 Å². The Bertz CT molecular complexity index is 403. The summed E-state index contributed by atoms with van der Waals surface area (Å²) in [5, 5.41) is 0. The molecule has 2 saturated heterocycles. The minimum atomic E-state index is -0.845. The second-order valence-corrected chi connectivity index (χ2v) is 6.82. The van der Waals surface area contributed by atoms with E-state index in [9.17, 15) is 4.39 Å². The van der Waals surface area contributed by atoms with Gasteiger partial charge in [0.1, 0.15) is 5.73 Å². The van der Waals surface area contributed by atoms with Gasteiger partial charge in [-0.3, -0.25) is 0 Å². The summed E-state index contributed by atoms with van der Waals surface area (Å²) in [6.07, 6.45) is 2.95. The number of hydrogen-bond donors (Lipinski definition) is 0. The molecule has 0 aromatic carbocycles. The highest BCUT2D eigenvalue weighted by Gasteiger charge is 2.55. The van der Waals surface area contributed by atoms with Crippen LogP contribution in [0.25, 0.3) is 0 Å². The van der Waals surface area contributed by atoms with Crippen molar-refractivity contribution in [2.45, 2.75) is 64.3 Å². The van der Waals surface area contributed by atoms with Crippen LogP contribution in [0.2, 0.25) is 0 Å². The van der Waals surface area contributed by atoms with E-state index in [2.05, 4.69) is 0 Å². The van der Waals surface area contributed by atoms with E-state index in [-0.39, 0.29) is 17.7 Å². The monoisotopic (exact) mass is 268 g/mol. The predicted octanol–water partition coefficient (Wildman–Crippen LogP) is 3.04. The third kappa shape index (κ3) is 2.06. The summed E-state index contributed by atoms with van der Waals surface area (Å²) >= 11 is 0. The summed E-state index contributed by atoms with van der Waals surface area (Å²) in [5.74, 6) is 0.243. The van der Waals surface area contributed by atoms with Crippen LogP contribution in [0.15, 0.2) is 11.3 Å². The number of ether oxygens (including phenoxy) is 1. The lowest BCUT2D eigenvalue weighted by molar-refractivity contribution is -0.0496. The van der Waals surface area contributed by atoms with Crippen LogP contribution in [0.5, 0.6) is 0 Å². The molecule has 3 nitrogen and oxygen atoms in total. The van der Waals surface area contributed by atoms with Crippen LogP contribution in [0, 0.1) is 5.92 Å². The molecule has 0 N–H and O–H groups in total. The molecule has 3 fully saturated rings. The first kappa shape index (κ1) is 13.6. The summed E-state index contributed by atoms with van der Waals surface area (Å²) in [7, 11) is -0.845. The van der Waals surface area contributed by atoms with Gasteiger partial charge in [0.05, 0.1) is 17.3 Å². The molecule has 1 aliphatic carbocycles. The molecular formula is C14H22BFO3. The fourth-order valence-corrected chi connectivity index (χ4v) is 3.02. The van der Waals surface area contributed by atoms with Crippen LogP contribution in [-0.4, -0.2) is 31.0 Å². The first-order chi connectivity index (χ1) is 8.82. The second-order valence-electron chi connectivity index (χ2n) is 6.82. The zero-order valence-corrected chi connectivity index (χ0v) is 12.2. The van der Waals surface area contributed by atoms with E-state index in [4.69, 9.17) is 14.0 Å². The highest BCUT2D eigenvalue weighted by molar-refractivity contribution is 6.53. The molecule has 5 heteroatoms. The molecule has 0 aromatic heterocycles. The molecule has 3 aliphatic rings. The minimum absolute atomic E-state index is 0.217. The van der Waals surface area contributed by atoms with Gasteiger partial charge in [-0.2, -0.15) is 0 Å². The Morgan fingerprint density at radius 2 is 1.84 bits per heavy atom. The van der Waals surface area contributed by atoms with Crippen LogP contribution in [-0.2, 0) is 14.0 Å². The van der Waals surface area contributed by atoms with Crippen LogP contribution in [0.3, 0.4) is 0 Å². The Balaban J connectivity index is 1.77. The molecule has 0 spiro atoms. The average Bonchev–Trinajstić information content (AvgIpc) is 2.50. The third-order valence-electron chi connectivity index (χ3n) is 5.08. The van der Waals surface area contributed by atoms with E-state index in [0.717, 1.165) is 25.0 Å². The molecule has 2 heterocycles. The minimum Gasteiger partial charge on any atom is -0.398 e. The van der Waals surface area contributed by atoms with Crippen molar-refractivity contribution in [3.63, 3.8) is 0 Å². The van der Waals surface area contributed by atoms with Crippen LogP contribution in [0.1, 0.15) is 47.0 Å². The van der Waals surface area contributed by atoms with Crippen molar-refractivity contribution in [2.75, 3.05) is 6.61 Å². The lowest BCUT2D eigenvalue weighted by Crippen LogP contribution is -2.42. The molecule has 0 aromatic rings. The number of fused-ring (bicyclic) bond motifs is 1. The topological polar surface area (TPSA) is 27.7 Å². The van der Waals surface area contributed by atoms with E-state index >= 15 is 0 Å².